The number of carbonyl (C=O) groups is 1. The van der Waals surface area contributed by atoms with E-state index < -0.39 is 0 Å². The fourth-order valence-electron chi connectivity index (χ4n) is 3.96. The summed E-state index contributed by atoms with van der Waals surface area (Å²) in [6.07, 6.45) is 2.62. The van der Waals surface area contributed by atoms with Crippen LogP contribution in [0.3, 0.4) is 0 Å². The van der Waals surface area contributed by atoms with Crippen LogP contribution in [-0.2, 0) is 0 Å². The quantitative estimate of drug-likeness (QED) is 0.681. The molecule has 2 aromatic carbocycles. The van der Waals surface area contributed by atoms with Crippen molar-refractivity contribution in [3.05, 3.63) is 81.0 Å². The lowest BCUT2D eigenvalue weighted by atomic mass is 9.81. The first kappa shape index (κ1) is 15.0. The molecule has 1 aromatic heterocycles. The van der Waals surface area contributed by atoms with Gasteiger partial charge in [0.2, 0.25) is 0 Å². The Morgan fingerprint density at radius 3 is 2.42 bits per heavy atom. The predicted octanol–water partition coefficient (Wildman–Crippen LogP) is 2.07. The van der Waals surface area contributed by atoms with E-state index in [0.29, 0.717) is 22.8 Å². The minimum Gasteiger partial charge on any atom is -0.289 e. The van der Waals surface area contributed by atoms with E-state index in [4.69, 9.17) is 0 Å². The smallest absolute Gasteiger partial charge is 0.279 e. The third-order valence-corrected chi connectivity index (χ3v) is 5.11. The molecule has 2 aliphatic rings. The van der Waals surface area contributed by atoms with Crippen LogP contribution in [-0.4, -0.2) is 15.6 Å². The minimum absolute atomic E-state index is 0.0213. The molecule has 26 heavy (non-hydrogen) atoms. The zero-order valence-corrected chi connectivity index (χ0v) is 14.3. The van der Waals surface area contributed by atoms with Gasteiger partial charge in [-0.25, -0.2) is 0 Å². The van der Waals surface area contributed by atoms with Gasteiger partial charge in [0, 0.05) is 27.1 Å². The summed E-state index contributed by atoms with van der Waals surface area (Å²) in [5, 5.41) is 6.01. The van der Waals surface area contributed by atoms with Crippen molar-refractivity contribution in [2.24, 2.45) is 5.92 Å². The van der Waals surface area contributed by atoms with Gasteiger partial charge in [0.05, 0.1) is 5.69 Å². The molecular weight excluding hydrogens is 324 g/mol. The van der Waals surface area contributed by atoms with E-state index in [1.54, 1.807) is 0 Å². The van der Waals surface area contributed by atoms with Crippen molar-refractivity contribution >= 4 is 17.4 Å². The lowest BCUT2D eigenvalue weighted by Gasteiger charge is -2.23. The van der Waals surface area contributed by atoms with E-state index in [1.807, 2.05) is 67.6 Å². The molecule has 5 rings (SSSR count). The van der Waals surface area contributed by atoms with Gasteiger partial charge in [-0.15, -0.1) is 0 Å². The molecule has 0 spiro atoms. The minimum atomic E-state index is -0.175. The Hall–Kier alpha value is -3.27. The molecule has 1 atom stereocenters. The number of aromatic nitrogens is 2. The number of hydrogen-bond donors (Lipinski definition) is 0. The van der Waals surface area contributed by atoms with Crippen LogP contribution in [0.2, 0.25) is 0 Å². The van der Waals surface area contributed by atoms with E-state index in [2.05, 4.69) is 5.10 Å². The number of benzene rings is 2. The molecule has 0 saturated heterocycles. The van der Waals surface area contributed by atoms with Gasteiger partial charge in [-0.2, -0.15) is 9.78 Å². The number of rotatable bonds is 1. The maximum absolute atomic E-state index is 13.2. The number of fused-ring (bicyclic) bond motifs is 2. The second-order valence-electron chi connectivity index (χ2n) is 6.89. The summed E-state index contributed by atoms with van der Waals surface area (Å²) in [6.45, 7) is 2.04. The molecule has 1 unspecified atom stereocenters. The van der Waals surface area contributed by atoms with Crippen molar-refractivity contribution in [2.45, 2.75) is 13.3 Å². The van der Waals surface area contributed by atoms with Crippen molar-refractivity contribution in [3.63, 3.8) is 0 Å². The van der Waals surface area contributed by atoms with Crippen LogP contribution in [0, 0.1) is 5.92 Å². The predicted molar refractivity (Wildman–Crippen MR) is 101 cm³/mol. The number of para-hydroxylation sites is 1. The second kappa shape index (κ2) is 5.36. The van der Waals surface area contributed by atoms with Crippen LogP contribution in [0.25, 0.3) is 28.6 Å². The number of nitrogens with zero attached hydrogens (tertiary/aromatic N) is 2. The highest BCUT2D eigenvalue weighted by atomic mass is 16.1. The first-order chi connectivity index (χ1) is 12.6. The average molecular weight is 340 g/mol. The highest BCUT2D eigenvalue weighted by Gasteiger charge is 2.30. The molecule has 0 aliphatic heterocycles. The fraction of sp³-hybridized carbons (Fsp3) is 0.136. The Balaban J connectivity index is 2.00. The van der Waals surface area contributed by atoms with Crippen LogP contribution in [0.15, 0.2) is 59.4 Å². The van der Waals surface area contributed by atoms with E-state index in [0.717, 1.165) is 22.2 Å². The molecule has 0 radical (unpaired) electrons. The normalized spacial score (nSPS) is 17.3. The Bertz CT molecular complexity index is 1250. The molecule has 126 valence electrons. The lowest BCUT2D eigenvalue weighted by molar-refractivity contribution is 0.105. The summed E-state index contributed by atoms with van der Waals surface area (Å²) in [5.74, 6) is 0.159. The Morgan fingerprint density at radius 1 is 0.962 bits per heavy atom. The van der Waals surface area contributed by atoms with Gasteiger partial charge in [-0.05, 0) is 24.5 Å². The number of ketones is 1. The molecule has 2 aliphatic carbocycles. The molecule has 0 saturated carbocycles. The van der Waals surface area contributed by atoms with Gasteiger partial charge >= 0.3 is 0 Å². The zero-order chi connectivity index (χ0) is 17.8. The molecule has 0 bridgehead atoms. The van der Waals surface area contributed by atoms with Crippen LogP contribution in [0.4, 0.5) is 0 Å². The number of hydrogen-bond acceptors (Lipinski definition) is 3. The standard InChI is InChI=1S/C22H16N2O2/c1-13-11-17-19-18(12-13)22(26)24(14-7-3-2-4-8-14)23-20(19)15-9-5-6-10-16(15)21(17)25/h2-10,12-13H,11H2,1H3. The highest BCUT2D eigenvalue weighted by Crippen LogP contribution is 2.29. The van der Waals surface area contributed by atoms with E-state index in [1.165, 1.54) is 4.68 Å². The van der Waals surface area contributed by atoms with E-state index in [9.17, 15) is 9.59 Å². The summed E-state index contributed by atoms with van der Waals surface area (Å²) >= 11 is 0. The maximum Gasteiger partial charge on any atom is 0.279 e. The molecule has 0 amide bonds. The Kier molecular flexibility index (Phi) is 3.10. The lowest BCUT2D eigenvalue weighted by Crippen LogP contribution is -2.51. The second-order valence-corrected chi connectivity index (χ2v) is 6.89. The number of carbonyl (C=O) groups excluding carboxylic acids is 1. The van der Waals surface area contributed by atoms with Crippen molar-refractivity contribution in [1.82, 2.24) is 9.78 Å². The molecule has 4 heteroatoms. The van der Waals surface area contributed by atoms with Gasteiger partial charge < -0.3 is 0 Å². The molecule has 0 N–H and O–H groups in total. The van der Waals surface area contributed by atoms with Crippen LogP contribution >= 0.6 is 0 Å². The topological polar surface area (TPSA) is 52.0 Å². The summed E-state index contributed by atoms with van der Waals surface area (Å²) < 4.78 is 1.45. The van der Waals surface area contributed by atoms with Crippen molar-refractivity contribution in [2.75, 3.05) is 0 Å². The Labute approximate surface area is 149 Å². The van der Waals surface area contributed by atoms with Gasteiger partial charge in [0.1, 0.15) is 5.69 Å². The summed E-state index contributed by atoms with van der Waals surface area (Å²) in [5.41, 5.74) is 3.45. The maximum atomic E-state index is 13.2. The van der Waals surface area contributed by atoms with Crippen LogP contribution in [0.5, 0.6) is 0 Å². The molecular formula is C22H16N2O2. The van der Waals surface area contributed by atoms with Crippen LogP contribution in [0.1, 0.15) is 23.7 Å². The summed E-state index contributed by atoms with van der Waals surface area (Å²) in [4.78, 5) is 26.2. The SMILES string of the molecule is CC1C=c2c3c(nn(-c4ccccc4)c2=O)-c2ccccc2C(=O)C=3C1. The highest BCUT2D eigenvalue weighted by molar-refractivity contribution is 6.28. The molecule has 0 fully saturated rings. The van der Waals surface area contributed by atoms with Crippen molar-refractivity contribution < 1.29 is 4.79 Å². The number of Topliss-reactive ketones (excluding diaryl/α,β-unsaturated/α-hetero) is 1. The monoisotopic (exact) mass is 340 g/mol. The van der Waals surface area contributed by atoms with E-state index in [-0.39, 0.29) is 17.3 Å². The van der Waals surface area contributed by atoms with Gasteiger partial charge in [-0.1, -0.05) is 55.5 Å². The Morgan fingerprint density at radius 2 is 1.65 bits per heavy atom. The third kappa shape index (κ3) is 1.99. The van der Waals surface area contributed by atoms with Gasteiger partial charge in [0.15, 0.2) is 5.78 Å². The largest absolute Gasteiger partial charge is 0.289 e. The van der Waals surface area contributed by atoms with Crippen LogP contribution < -0.4 is 16.0 Å². The molecule has 3 aromatic rings. The van der Waals surface area contributed by atoms with Crippen molar-refractivity contribution in [1.29, 1.82) is 0 Å². The summed E-state index contributed by atoms with van der Waals surface area (Å²) in [7, 11) is 0. The fourth-order valence-corrected chi connectivity index (χ4v) is 3.96. The first-order valence-electron chi connectivity index (χ1n) is 8.73. The molecule has 1 heterocycles. The van der Waals surface area contributed by atoms with Gasteiger partial charge in [0.25, 0.3) is 5.56 Å². The molecule has 4 nitrogen and oxygen atoms in total. The average Bonchev–Trinajstić information content (AvgIpc) is 2.68. The first-order valence-corrected chi connectivity index (χ1v) is 8.73. The van der Waals surface area contributed by atoms with E-state index >= 15 is 0 Å². The van der Waals surface area contributed by atoms with Gasteiger partial charge in [-0.3, -0.25) is 9.59 Å². The third-order valence-electron chi connectivity index (χ3n) is 5.11. The van der Waals surface area contributed by atoms with Crippen molar-refractivity contribution in [3.8, 4) is 16.9 Å². The summed E-state index contributed by atoms with van der Waals surface area (Å²) in [6, 6.07) is 16.9. The zero-order valence-electron chi connectivity index (χ0n) is 14.3.